The molecule has 1 N–H and O–H groups in total. The third-order valence-corrected chi connectivity index (χ3v) is 5.10. The van der Waals surface area contributed by atoms with Gasteiger partial charge in [-0.15, -0.1) is 0 Å². The first-order valence-corrected chi connectivity index (χ1v) is 9.63. The summed E-state index contributed by atoms with van der Waals surface area (Å²) in [5.41, 5.74) is 1.14. The highest BCUT2D eigenvalue weighted by Gasteiger charge is 2.21. The minimum absolute atomic E-state index is 0.0479. The van der Waals surface area contributed by atoms with Crippen LogP contribution in [0.1, 0.15) is 20.7 Å². The van der Waals surface area contributed by atoms with E-state index < -0.39 is 0 Å². The third kappa shape index (κ3) is 5.37. The maximum absolute atomic E-state index is 12.9. The van der Waals surface area contributed by atoms with Crippen LogP contribution in [0.3, 0.4) is 0 Å². The second-order valence-corrected chi connectivity index (χ2v) is 7.32. The smallest absolute Gasteiger partial charge is 0.253 e. The lowest BCUT2D eigenvalue weighted by atomic mass is 10.2. The van der Waals surface area contributed by atoms with Crippen molar-refractivity contribution in [3.8, 4) is 0 Å². The Morgan fingerprint density at radius 1 is 0.926 bits per heavy atom. The summed E-state index contributed by atoms with van der Waals surface area (Å²) >= 11 is 3.37. The predicted octanol–water partition coefficient (Wildman–Crippen LogP) is 2.78. The van der Waals surface area contributed by atoms with Gasteiger partial charge in [0.05, 0.1) is 0 Å². The Kier molecular flexibility index (Phi) is 6.58. The van der Waals surface area contributed by atoms with Crippen LogP contribution in [-0.4, -0.2) is 60.9 Å². The summed E-state index contributed by atoms with van der Waals surface area (Å²) in [4.78, 5) is 28.6. The van der Waals surface area contributed by atoms with Crippen molar-refractivity contribution in [2.75, 3.05) is 39.3 Å². The van der Waals surface area contributed by atoms with Gasteiger partial charge in [-0.2, -0.15) is 0 Å². The van der Waals surface area contributed by atoms with Gasteiger partial charge in [-0.3, -0.25) is 14.5 Å². The summed E-state index contributed by atoms with van der Waals surface area (Å²) in [5, 5.41) is 2.84. The largest absolute Gasteiger partial charge is 0.351 e. The zero-order valence-electron chi connectivity index (χ0n) is 14.8. The van der Waals surface area contributed by atoms with Crippen LogP contribution in [0.25, 0.3) is 0 Å². The molecule has 0 bridgehead atoms. The van der Waals surface area contributed by atoms with E-state index in [0.717, 1.165) is 17.6 Å². The summed E-state index contributed by atoms with van der Waals surface area (Å²) in [5.74, 6) is -0.520. The van der Waals surface area contributed by atoms with Gasteiger partial charge in [-0.25, -0.2) is 4.39 Å². The van der Waals surface area contributed by atoms with Gasteiger partial charge < -0.3 is 10.2 Å². The fourth-order valence-corrected chi connectivity index (χ4v) is 3.24. The molecule has 5 nitrogen and oxygen atoms in total. The average molecular weight is 434 g/mol. The van der Waals surface area contributed by atoms with E-state index in [4.69, 9.17) is 0 Å². The van der Waals surface area contributed by atoms with Crippen LogP contribution in [-0.2, 0) is 0 Å². The molecular formula is C20H21BrFN3O2. The van der Waals surface area contributed by atoms with E-state index in [-0.39, 0.29) is 17.6 Å². The van der Waals surface area contributed by atoms with Gasteiger partial charge in [-0.1, -0.05) is 15.9 Å². The number of carbonyl (C=O) groups is 2. The molecule has 0 atom stereocenters. The molecule has 7 heteroatoms. The molecular weight excluding hydrogens is 413 g/mol. The van der Waals surface area contributed by atoms with Gasteiger partial charge in [0.25, 0.3) is 11.8 Å². The van der Waals surface area contributed by atoms with Crippen LogP contribution < -0.4 is 5.32 Å². The molecule has 0 aromatic heterocycles. The van der Waals surface area contributed by atoms with Crippen molar-refractivity contribution < 1.29 is 14.0 Å². The van der Waals surface area contributed by atoms with Gasteiger partial charge in [0.1, 0.15) is 5.82 Å². The number of nitrogens with zero attached hydrogens (tertiary/aromatic N) is 2. The molecule has 1 saturated heterocycles. The van der Waals surface area contributed by atoms with Crippen molar-refractivity contribution >= 4 is 27.7 Å². The van der Waals surface area contributed by atoms with Crippen molar-refractivity contribution in [2.24, 2.45) is 0 Å². The maximum Gasteiger partial charge on any atom is 0.253 e. The highest BCUT2D eigenvalue weighted by Crippen LogP contribution is 2.13. The number of piperazine rings is 1. The van der Waals surface area contributed by atoms with Crippen molar-refractivity contribution in [3.63, 3.8) is 0 Å². The van der Waals surface area contributed by atoms with Crippen LogP contribution in [0.4, 0.5) is 4.39 Å². The van der Waals surface area contributed by atoms with E-state index in [2.05, 4.69) is 26.1 Å². The van der Waals surface area contributed by atoms with E-state index >= 15 is 0 Å². The number of nitrogens with one attached hydrogen (secondary N) is 1. The maximum atomic E-state index is 12.9. The van der Waals surface area contributed by atoms with Crippen molar-refractivity contribution in [1.82, 2.24) is 15.1 Å². The average Bonchev–Trinajstić information content (AvgIpc) is 2.69. The molecule has 1 fully saturated rings. The second kappa shape index (κ2) is 9.10. The van der Waals surface area contributed by atoms with Crippen molar-refractivity contribution in [3.05, 3.63) is 69.9 Å². The number of rotatable bonds is 5. The molecule has 3 rings (SSSR count). The Morgan fingerprint density at radius 3 is 2.15 bits per heavy atom. The third-order valence-electron chi connectivity index (χ3n) is 4.57. The van der Waals surface area contributed by atoms with E-state index in [0.29, 0.717) is 37.3 Å². The Balaban J connectivity index is 1.40. The molecule has 1 heterocycles. The Hall–Kier alpha value is -2.25. The summed E-state index contributed by atoms with van der Waals surface area (Å²) in [6, 6.07) is 12.9. The first-order chi connectivity index (χ1) is 13.0. The number of hydrogen-bond donors (Lipinski definition) is 1. The Morgan fingerprint density at radius 2 is 1.52 bits per heavy atom. The molecule has 2 aromatic rings. The predicted molar refractivity (Wildman–Crippen MR) is 105 cm³/mol. The van der Waals surface area contributed by atoms with Gasteiger partial charge in [0, 0.05) is 54.9 Å². The summed E-state index contributed by atoms with van der Waals surface area (Å²) < 4.78 is 13.8. The van der Waals surface area contributed by atoms with Gasteiger partial charge in [0.15, 0.2) is 0 Å². The molecule has 27 heavy (non-hydrogen) atoms. The fourth-order valence-electron chi connectivity index (χ4n) is 2.98. The van der Waals surface area contributed by atoms with E-state index in [1.54, 1.807) is 0 Å². The minimum Gasteiger partial charge on any atom is -0.351 e. The van der Waals surface area contributed by atoms with Crippen LogP contribution in [0.2, 0.25) is 0 Å². The lowest BCUT2D eigenvalue weighted by molar-refractivity contribution is 0.0638. The highest BCUT2D eigenvalue weighted by atomic mass is 79.9. The quantitative estimate of drug-likeness (QED) is 0.788. The van der Waals surface area contributed by atoms with Crippen molar-refractivity contribution in [2.45, 2.75) is 0 Å². The SMILES string of the molecule is O=C(NCCN1CCN(C(=O)c2ccc(Br)cc2)CC1)c1ccc(F)cc1. The fraction of sp³-hybridized carbons (Fsp3) is 0.300. The van der Waals surface area contributed by atoms with Gasteiger partial charge in [-0.05, 0) is 48.5 Å². The molecule has 0 spiro atoms. The lowest BCUT2D eigenvalue weighted by Crippen LogP contribution is -2.50. The number of benzene rings is 2. The molecule has 0 aliphatic carbocycles. The minimum atomic E-state index is -0.359. The van der Waals surface area contributed by atoms with Crippen LogP contribution >= 0.6 is 15.9 Å². The molecule has 0 unspecified atom stereocenters. The van der Waals surface area contributed by atoms with Gasteiger partial charge >= 0.3 is 0 Å². The van der Waals surface area contributed by atoms with Crippen LogP contribution in [0.15, 0.2) is 53.0 Å². The summed E-state index contributed by atoms with van der Waals surface area (Å²) in [7, 11) is 0. The lowest BCUT2D eigenvalue weighted by Gasteiger charge is -2.34. The van der Waals surface area contributed by atoms with E-state index in [9.17, 15) is 14.0 Å². The summed E-state index contributed by atoms with van der Waals surface area (Å²) in [6.45, 7) is 4.11. The summed E-state index contributed by atoms with van der Waals surface area (Å²) in [6.07, 6.45) is 0. The monoisotopic (exact) mass is 433 g/mol. The first kappa shape index (κ1) is 19.5. The molecule has 0 saturated carbocycles. The number of halogens is 2. The van der Waals surface area contributed by atoms with Gasteiger partial charge in [0.2, 0.25) is 0 Å². The molecule has 142 valence electrons. The zero-order valence-corrected chi connectivity index (χ0v) is 16.4. The van der Waals surface area contributed by atoms with Crippen LogP contribution in [0.5, 0.6) is 0 Å². The molecule has 0 radical (unpaired) electrons. The number of carbonyl (C=O) groups excluding carboxylic acids is 2. The standard InChI is InChI=1S/C20H21BrFN3O2/c21-17-5-1-16(2-6-17)20(27)25-13-11-24(12-14-25)10-9-23-19(26)15-3-7-18(22)8-4-15/h1-8H,9-14H2,(H,23,26). The highest BCUT2D eigenvalue weighted by molar-refractivity contribution is 9.10. The molecule has 2 amide bonds. The van der Waals surface area contributed by atoms with Crippen molar-refractivity contribution in [1.29, 1.82) is 0 Å². The molecule has 2 aromatic carbocycles. The number of amides is 2. The molecule has 1 aliphatic rings. The zero-order chi connectivity index (χ0) is 19.2. The topological polar surface area (TPSA) is 52.7 Å². The van der Waals surface area contributed by atoms with E-state index in [1.165, 1.54) is 24.3 Å². The molecule has 1 aliphatic heterocycles. The van der Waals surface area contributed by atoms with E-state index in [1.807, 2.05) is 29.2 Å². The normalized spacial score (nSPS) is 14.8. The van der Waals surface area contributed by atoms with Crippen LogP contribution in [0, 0.1) is 5.82 Å². The first-order valence-electron chi connectivity index (χ1n) is 8.84. The second-order valence-electron chi connectivity index (χ2n) is 6.40. The Bertz CT molecular complexity index is 785. The number of hydrogen-bond acceptors (Lipinski definition) is 3. The Labute approximate surface area is 166 Å².